The number of fused-ring (bicyclic) bond motifs is 1. The molecule has 0 bridgehead atoms. The lowest BCUT2D eigenvalue weighted by Crippen LogP contribution is -2.38. The predicted molar refractivity (Wildman–Crippen MR) is 99.2 cm³/mol. The summed E-state index contributed by atoms with van der Waals surface area (Å²) >= 11 is 0. The third-order valence-corrected chi connectivity index (χ3v) is 4.89. The molecule has 130 valence electrons. The molecule has 0 amide bonds. The molecule has 7 heteroatoms. The summed E-state index contributed by atoms with van der Waals surface area (Å²) in [6, 6.07) is 2.68. The topological polar surface area (TPSA) is 71.8 Å². The zero-order valence-corrected chi connectivity index (χ0v) is 14.9. The Labute approximate surface area is 147 Å². The summed E-state index contributed by atoms with van der Waals surface area (Å²) in [5, 5.41) is 3.33. The standard InChI is InChI=1S/C18H23N7/c1-12-8-14(9-19-17(12)25-7-5-4-6-13(25)2)23-16-15-18(21-10-20-16)24(3)11-22-15/h8-11,13H,4-7H2,1-3H3,(H,20,21,23). The lowest BCUT2D eigenvalue weighted by Gasteiger charge is -2.35. The zero-order valence-electron chi connectivity index (χ0n) is 14.9. The van der Waals surface area contributed by atoms with E-state index in [4.69, 9.17) is 4.98 Å². The molecule has 25 heavy (non-hydrogen) atoms. The van der Waals surface area contributed by atoms with Crippen molar-refractivity contribution in [3.05, 3.63) is 30.5 Å². The van der Waals surface area contributed by atoms with Crippen molar-refractivity contribution in [3.8, 4) is 0 Å². The molecule has 1 N–H and O–H groups in total. The zero-order chi connectivity index (χ0) is 17.4. The molecule has 3 aromatic rings. The van der Waals surface area contributed by atoms with Gasteiger partial charge in [-0.3, -0.25) is 0 Å². The number of anilines is 3. The molecule has 7 nitrogen and oxygen atoms in total. The van der Waals surface area contributed by atoms with Crippen molar-refractivity contribution < 1.29 is 0 Å². The second kappa shape index (κ2) is 6.31. The average Bonchev–Trinajstić information content (AvgIpc) is 2.99. The molecule has 3 aromatic heterocycles. The molecule has 1 aliphatic heterocycles. The van der Waals surface area contributed by atoms with Gasteiger partial charge in [0, 0.05) is 19.6 Å². The van der Waals surface area contributed by atoms with E-state index in [1.165, 1.54) is 24.8 Å². The third kappa shape index (κ3) is 2.90. The highest BCUT2D eigenvalue weighted by Gasteiger charge is 2.21. The number of piperidine rings is 1. The van der Waals surface area contributed by atoms with Crippen LogP contribution in [-0.2, 0) is 7.05 Å². The Morgan fingerprint density at radius 3 is 2.84 bits per heavy atom. The van der Waals surface area contributed by atoms with Crippen LogP contribution in [0.4, 0.5) is 17.3 Å². The summed E-state index contributed by atoms with van der Waals surface area (Å²) in [7, 11) is 1.92. The van der Waals surface area contributed by atoms with E-state index in [1.54, 1.807) is 12.7 Å². The van der Waals surface area contributed by atoms with Gasteiger partial charge >= 0.3 is 0 Å². The first-order valence-electron chi connectivity index (χ1n) is 8.76. The molecule has 0 spiro atoms. The van der Waals surface area contributed by atoms with Crippen molar-refractivity contribution in [2.24, 2.45) is 7.05 Å². The monoisotopic (exact) mass is 337 g/mol. The summed E-state index contributed by atoms with van der Waals surface area (Å²) in [5.74, 6) is 1.79. The molecule has 0 aromatic carbocycles. The van der Waals surface area contributed by atoms with Crippen LogP contribution in [-0.4, -0.2) is 37.1 Å². The highest BCUT2D eigenvalue weighted by atomic mass is 15.2. The van der Waals surface area contributed by atoms with Gasteiger partial charge in [0.25, 0.3) is 0 Å². The van der Waals surface area contributed by atoms with E-state index >= 15 is 0 Å². The summed E-state index contributed by atoms with van der Waals surface area (Å²) in [4.78, 5) is 20.1. The number of pyridine rings is 1. The van der Waals surface area contributed by atoms with E-state index in [1.807, 2.05) is 17.8 Å². The maximum absolute atomic E-state index is 4.73. The number of hydrogen-bond donors (Lipinski definition) is 1. The maximum atomic E-state index is 4.73. The largest absolute Gasteiger partial charge is 0.354 e. The van der Waals surface area contributed by atoms with Gasteiger partial charge in [0.1, 0.15) is 12.1 Å². The quantitative estimate of drug-likeness (QED) is 0.791. The minimum atomic E-state index is 0.550. The van der Waals surface area contributed by atoms with E-state index in [-0.39, 0.29) is 0 Å². The lowest BCUT2D eigenvalue weighted by atomic mass is 10.0. The number of rotatable bonds is 3. The fourth-order valence-corrected chi connectivity index (χ4v) is 3.52. The van der Waals surface area contributed by atoms with Gasteiger partial charge < -0.3 is 14.8 Å². The highest BCUT2D eigenvalue weighted by molar-refractivity contribution is 5.85. The van der Waals surface area contributed by atoms with Gasteiger partial charge in [-0.25, -0.2) is 19.9 Å². The minimum absolute atomic E-state index is 0.550. The van der Waals surface area contributed by atoms with E-state index < -0.39 is 0 Å². The Morgan fingerprint density at radius 2 is 2.04 bits per heavy atom. The van der Waals surface area contributed by atoms with Gasteiger partial charge in [-0.05, 0) is 44.7 Å². The van der Waals surface area contributed by atoms with Crippen molar-refractivity contribution in [2.45, 2.75) is 39.2 Å². The summed E-state index contributed by atoms with van der Waals surface area (Å²) < 4.78 is 1.88. The van der Waals surface area contributed by atoms with Crippen LogP contribution in [0.25, 0.3) is 11.2 Å². The second-order valence-corrected chi connectivity index (χ2v) is 6.78. The van der Waals surface area contributed by atoms with E-state index in [0.29, 0.717) is 11.9 Å². The number of hydrogen-bond acceptors (Lipinski definition) is 6. The minimum Gasteiger partial charge on any atom is -0.354 e. The maximum Gasteiger partial charge on any atom is 0.165 e. The van der Waals surface area contributed by atoms with Crippen LogP contribution in [0.2, 0.25) is 0 Å². The number of aryl methyl sites for hydroxylation is 2. The average molecular weight is 337 g/mol. The molecular formula is C18H23N7. The molecule has 1 unspecified atom stereocenters. The normalized spacial score (nSPS) is 17.9. The van der Waals surface area contributed by atoms with Crippen LogP contribution < -0.4 is 10.2 Å². The summed E-state index contributed by atoms with van der Waals surface area (Å²) in [6.45, 7) is 5.48. The molecule has 4 rings (SSSR count). The fraction of sp³-hybridized carbons (Fsp3) is 0.444. The molecule has 1 fully saturated rings. The fourth-order valence-electron chi connectivity index (χ4n) is 3.52. The molecular weight excluding hydrogens is 314 g/mol. The van der Waals surface area contributed by atoms with Crippen molar-refractivity contribution in [1.29, 1.82) is 0 Å². The van der Waals surface area contributed by atoms with E-state index in [9.17, 15) is 0 Å². The number of nitrogens with zero attached hydrogens (tertiary/aromatic N) is 6. The molecule has 0 aliphatic carbocycles. The summed E-state index contributed by atoms with van der Waals surface area (Å²) in [6.07, 6.45) is 8.96. The number of nitrogens with one attached hydrogen (secondary N) is 1. The molecule has 4 heterocycles. The predicted octanol–water partition coefficient (Wildman–Crippen LogP) is 3.19. The van der Waals surface area contributed by atoms with E-state index in [2.05, 4.69) is 45.1 Å². The van der Waals surface area contributed by atoms with Gasteiger partial charge in [0.2, 0.25) is 0 Å². The molecule has 1 aliphatic rings. The Morgan fingerprint density at radius 1 is 1.16 bits per heavy atom. The second-order valence-electron chi connectivity index (χ2n) is 6.78. The van der Waals surface area contributed by atoms with Crippen LogP contribution in [0, 0.1) is 6.92 Å². The van der Waals surface area contributed by atoms with Crippen molar-refractivity contribution >= 4 is 28.5 Å². The van der Waals surface area contributed by atoms with Crippen LogP contribution in [0.1, 0.15) is 31.7 Å². The lowest BCUT2D eigenvalue weighted by molar-refractivity contribution is 0.480. The molecule has 0 radical (unpaired) electrons. The van der Waals surface area contributed by atoms with Crippen LogP contribution >= 0.6 is 0 Å². The van der Waals surface area contributed by atoms with Crippen molar-refractivity contribution in [1.82, 2.24) is 24.5 Å². The SMILES string of the molecule is Cc1cc(Nc2ncnc3c2ncn3C)cnc1N1CCCCC1C. The van der Waals surface area contributed by atoms with Crippen LogP contribution in [0.5, 0.6) is 0 Å². The summed E-state index contributed by atoms with van der Waals surface area (Å²) in [5.41, 5.74) is 3.65. The Kier molecular flexibility index (Phi) is 3.99. The molecule has 1 atom stereocenters. The Bertz CT molecular complexity index is 902. The Balaban J connectivity index is 1.62. The van der Waals surface area contributed by atoms with Crippen LogP contribution in [0.15, 0.2) is 24.9 Å². The van der Waals surface area contributed by atoms with Crippen molar-refractivity contribution in [3.63, 3.8) is 0 Å². The molecule has 1 saturated heterocycles. The van der Waals surface area contributed by atoms with Crippen LogP contribution in [0.3, 0.4) is 0 Å². The first kappa shape index (κ1) is 15.8. The van der Waals surface area contributed by atoms with Gasteiger partial charge in [0.05, 0.1) is 18.2 Å². The van der Waals surface area contributed by atoms with E-state index in [0.717, 1.165) is 29.2 Å². The smallest absolute Gasteiger partial charge is 0.165 e. The number of aromatic nitrogens is 5. The Hall–Kier alpha value is -2.70. The van der Waals surface area contributed by atoms with Gasteiger partial charge in [-0.2, -0.15) is 0 Å². The first-order chi connectivity index (χ1) is 12.1. The number of imidazole rings is 1. The first-order valence-corrected chi connectivity index (χ1v) is 8.76. The highest BCUT2D eigenvalue weighted by Crippen LogP contribution is 2.28. The van der Waals surface area contributed by atoms with Gasteiger partial charge in [0.15, 0.2) is 17.0 Å². The van der Waals surface area contributed by atoms with Gasteiger partial charge in [-0.1, -0.05) is 0 Å². The third-order valence-electron chi connectivity index (χ3n) is 4.89. The molecule has 0 saturated carbocycles. The van der Waals surface area contributed by atoms with Crippen molar-refractivity contribution in [2.75, 3.05) is 16.8 Å². The van der Waals surface area contributed by atoms with Gasteiger partial charge in [-0.15, -0.1) is 0 Å².